The van der Waals surface area contributed by atoms with E-state index in [4.69, 9.17) is 16.3 Å². The summed E-state index contributed by atoms with van der Waals surface area (Å²) in [6.45, 7) is 0. The smallest absolute Gasteiger partial charge is 0.136 e. The largest absolute Gasteiger partial charge is 0.497 e. The number of nitrogens with zero attached hydrogens (tertiary/aromatic N) is 2. The molecule has 6 heteroatoms. The molecule has 0 unspecified atom stereocenters. The number of methoxy groups -OCH3 is 1. The van der Waals surface area contributed by atoms with Crippen molar-refractivity contribution in [2.45, 2.75) is 0 Å². The fourth-order valence-electron chi connectivity index (χ4n) is 2.19. The summed E-state index contributed by atoms with van der Waals surface area (Å²) >= 11 is 7.38. The molecule has 4 nitrogen and oxygen atoms in total. The normalized spacial score (nSPS) is 11.0. The molecule has 3 rings (SSSR count). The lowest BCUT2D eigenvalue weighted by molar-refractivity contribution is 0.415. The van der Waals surface area contributed by atoms with Crippen LogP contribution in [0.25, 0.3) is 16.8 Å². The third kappa shape index (κ3) is 4.18. The number of anilines is 1. The highest BCUT2D eigenvalue weighted by Crippen LogP contribution is 2.28. The molecule has 1 aromatic heterocycles. The van der Waals surface area contributed by atoms with Crippen molar-refractivity contribution in [3.8, 4) is 23.1 Å². The van der Waals surface area contributed by atoms with E-state index in [1.165, 1.54) is 11.3 Å². The Morgan fingerprint density at radius 2 is 2.12 bits per heavy atom. The first kappa shape index (κ1) is 17.0. The third-order valence-corrected chi connectivity index (χ3v) is 4.54. The zero-order valence-corrected chi connectivity index (χ0v) is 14.9. The predicted molar refractivity (Wildman–Crippen MR) is 103 cm³/mol. The van der Waals surface area contributed by atoms with Crippen LogP contribution in [-0.2, 0) is 0 Å². The van der Waals surface area contributed by atoms with Crippen molar-refractivity contribution < 1.29 is 4.74 Å². The van der Waals surface area contributed by atoms with Crippen molar-refractivity contribution >= 4 is 34.2 Å². The molecule has 0 aliphatic rings. The fourth-order valence-corrected chi connectivity index (χ4v) is 3.17. The first-order valence-corrected chi connectivity index (χ1v) is 8.68. The minimum absolute atomic E-state index is 0.458. The SMILES string of the molecule is COc1cccc(-c2csc(C(C#N)=CNc3cccc(Cl)c3)n2)c1. The fraction of sp³-hybridized carbons (Fsp3) is 0.0526. The number of benzene rings is 2. The molecule has 1 heterocycles. The molecule has 0 aliphatic carbocycles. The van der Waals surface area contributed by atoms with E-state index in [2.05, 4.69) is 16.4 Å². The lowest BCUT2D eigenvalue weighted by Gasteiger charge is -2.02. The summed E-state index contributed by atoms with van der Waals surface area (Å²) < 4.78 is 5.24. The van der Waals surface area contributed by atoms with Gasteiger partial charge in [-0.25, -0.2) is 4.98 Å². The van der Waals surface area contributed by atoms with Crippen LogP contribution < -0.4 is 10.1 Å². The lowest BCUT2D eigenvalue weighted by atomic mass is 10.1. The predicted octanol–water partition coefficient (Wildman–Crippen LogP) is 5.45. The maximum Gasteiger partial charge on any atom is 0.136 e. The second kappa shape index (κ2) is 7.84. The molecule has 2 aromatic carbocycles. The van der Waals surface area contributed by atoms with Crippen LogP contribution in [0.1, 0.15) is 5.01 Å². The Morgan fingerprint density at radius 3 is 2.88 bits per heavy atom. The molecule has 0 amide bonds. The molecule has 0 fully saturated rings. The van der Waals surface area contributed by atoms with E-state index in [0.29, 0.717) is 15.6 Å². The minimum Gasteiger partial charge on any atom is -0.497 e. The summed E-state index contributed by atoms with van der Waals surface area (Å²) in [6.07, 6.45) is 1.64. The summed E-state index contributed by atoms with van der Waals surface area (Å²) in [7, 11) is 1.63. The first-order valence-electron chi connectivity index (χ1n) is 7.42. The van der Waals surface area contributed by atoms with Crippen molar-refractivity contribution in [1.29, 1.82) is 5.26 Å². The Hall–Kier alpha value is -2.81. The monoisotopic (exact) mass is 367 g/mol. The van der Waals surface area contributed by atoms with Crippen LogP contribution in [0.4, 0.5) is 5.69 Å². The molecule has 0 aliphatic heterocycles. The van der Waals surface area contributed by atoms with E-state index in [-0.39, 0.29) is 0 Å². The molecule has 124 valence electrons. The van der Waals surface area contributed by atoms with E-state index in [9.17, 15) is 5.26 Å². The summed E-state index contributed by atoms with van der Waals surface area (Å²) in [6, 6.07) is 17.1. The maximum absolute atomic E-state index is 9.44. The highest BCUT2D eigenvalue weighted by atomic mass is 35.5. The molecule has 1 N–H and O–H groups in total. The molecule has 0 atom stereocenters. The number of rotatable bonds is 5. The third-order valence-electron chi connectivity index (χ3n) is 3.43. The standard InChI is InChI=1S/C19H14ClN3OS/c1-24-17-7-2-4-13(8-17)18-12-25-19(23-18)14(10-21)11-22-16-6-3-5-15(20)9-16/h2-9,11-12,22H,1H3. The molecule has 25 heavy (non-hydrogen) atoms. The highest BCUT2D eigenvalue weighted by molar-refractivity contribution is 7.11. The molecular formula is C19H14ClN3OS. The first-order chi connectivity index (χ1) is 12.2. The number of hydrogen-bond donors (Lipinski definition) is 1. The minimum atomic E-state index is 0.458. The zero-order valence-electron chi connectivity index (χ0n) is 13.4. The van der Waals surface area contributed by atoms with Gasteiger partial charge in [0.15, 0.2) is 0 Å². The molecule has 0 saturated heterocycles. The van der Waals surface area contributed by atoms with Gasteiger partial charge in [0.1, 0.15) is 22.4 Å². The van der Waals surface area contributed by atoms with Crippen LogP contribution in [0.15, 0.2) is 60.1 Å². The van der Waals surface area contributed by atoms with Gasteiger partial charge in [0.05, 0.1) is 12.8 Å². The average molecular weight is 368 g/mol. The Bertz CT molecular complexity index is 959. The second-order valence-corrected chi connectivity index (χ2v) is 6.39. The van der Waals surface area contributed by atoms with Crippen LogP contribution >= 0.6 is 22.9 Å². The van der Waals surface area contributed by atoms with Gasteiger partial charge in [0.25, 0.3) is 0 Å². The molecule has 0 spiro atoms. The Labute approximate surface area is 155 Å². The van der Waals surface area contributed by atoms with Crippen molar-refractivity contribution in [2.75, 3.05) is 12.4 Å². The maximum atomic E-state index is 9.44. The van der Waals surface area contributed by atoms with E-state index >= 15 is 0 Å². The summed E-state index contributed by atoms with van der Waals surface area (Å²) in [5.74, 6) is 0.769. The molecule has 0 bridgehead atoms. The summed E-state index contributed by atoms with van der Waals surface area (Å²) in [5.41, 5.74) is 3.02. The number of hydrogen-bond acceptors (Lipinski definition) is 5. The lowest BCUT2D eigenvalue weighted by Crippen LogP contribution is -1.91. The number of thiazole rings is 1. The zero-order chi connectivity index (χ0) is 17.6. The number of nitrogens with one attached hydrogen (secondary N) is 1. The van der Waals surface area contributed by atoms with Gasteiger partial charge in [0.2, 0.25) is 0 Å². The van der Waals surface area contributed by atoms with E-state index in [1.807, 2.05) is 41.8 Å². The number of ether oxygens (including phenoxy) is 1. The van der Waals surface area contributed by atoms with Crippen LogP contribution in [0.3, 0.4) is 0 Å². The Morgan fingerprint density at radius 1 is 1.28 bits per heavy atom. The van der Waals surface area contributed by atoms with Crippen molar-refractivity contribution in [1.82, 2.24) is 4.98 Å². The van der Waals surface area contributed by atoms with Crippen LogP contribution in [0.5, 0.6) is 5.75 Å². The van der Waals surface area contributed by atoms with Crippen LogP contribution in [0, 0.1) is 11.3 Å². The topological polar surface area (TPSA) is 57.9 Å². The van der Waals surface area contributed by atoms with E-state index in [0.717, 1.165) is 22.7 Å². The Kier molecular flexibility index (Phi) is 5.34. The summed E-state index contributed by atoms with van der Waals surface area (Å²) in [4.78, 5) is 4.56. The molecule has 3 aromatic rings. The van der Waals surface area contributed by atoms with Gasteiger partial charge in [-0.15, -0.1) is 11.3 Å². The number of allylic oxidation sites excluding steroid dienone is 1. The Balaban J connectivity index is 1.84. The number of aromatic nitrogens is 1. The van der Waals surface area contributed by atoms with Crippen molar-refractivity contribution in [3.05, 3.63) is 70.1 Å². The van der Waals surface area contributed by atoms with Gasteiger partial charge in [-0.1, -0.05) is 29.8 Å². The number of nitriles is 1. The van der Waals surface area contributed by atoms with Gasteiger partial charge in [-0.3, -0.25) is 0 Å². The van der Waals surface area contributed by atoms with Gasteiger partial charge >= 0.3 is 0 Å². The van der Waals surface area contributed by atoms with Gasteiger partial charge in [0, 0.05) is 27.9 Å². The average Bonchev–Trinajstić information content (AvgIpc) is 3.12. The quantitative estimate of drug-likeness (QED) is 0.609. The highest BCUT2D eigenvalue weighted by Gasteiger charge is 2.09. The van der Waals surface area contributed by atoms with Gasteiger partial charge < -0.3 is 10.1 Å². The van der Waals surface area contributed by atoms with Crippen LogP contribution in [0.2, 0.25) is 5.02 Å². The number of halogens is 1. The van der Waals surface area contributed by atoms with E-state index < -0.39 is 0 Å². The van der Waals surface area contributed by atoms with Crippen LogP contribution in [-0.4, -0.2) is 12.1 Å². The summed E-state index contributed by atoms with van der Waals surface area (Å²) in [5, 5.41) is 15.7. The van der Waals surface area contributed by atoms with Gasteiger partial charge in [-0.05, 0) is 30.3 Å². The molecule has 0 radical (unpaired) electrons. The molecule has 0 saturated carbocycles. The molecular weight excluding hydrogens is 354 g/mol. The second-order valence-electron chi connectivity index (χ2n) is 5.09. The van der Waals surface area contributed by atoms with Crippen molar-refractivity contribution in [3.63, 3.8) is 0 Å². The van der Waals surface area contributed by atoms with E-state index in [1.54, 1.807) is 25.4 Å². The van der Waals surface area contributed by atoms with Crippen molar-refractivity contribution in [2.24, 2.45) is 0 Å². The van der Waals surface area contributed by atoms with Gasteiger partial charge in [-0.2, -0.15) is 5.26 Å².